The Hall–Kier alpha value is -2.60. The van der Waals surface area contributed by atoms with Crippen molar-refractivity contribution in [1.82, 2.24) is 19.9 Å². The van der Waals surface area contributed by atoms with Crippen molar-refractivity contribution in [3.63, 3.8) is 0 Å². The zero-order valence-corrected chi connectivity index (χ0v) is 19.1. The number of fused-ring (bicyclic) bond motifs is 1. The summed E-state index contributed by atoms with van der Waals surface area (Å²) in [6.45, 7) is 2.41. The highest BCUT2D eigenvalue weighted by molar-refractivity contribution is 6.33. The lowest BCUT2D eigenvalue weighted by atomic mass is 9.89. The molecule has 1 aliphatic carbocycles. The van der Waals surface area contributed by atoms with E-state index in [0.29, 0.717) is 17.5 Å². The zero-order valence-electron chi connectivity index (χ0n) is 18.3. The molecule has 7 heteroatoms. The van der Waals surface area contributed by atoms with Gasteiger partial charge in [-0.2, -0.15) is 5.10 Å². The highest BCUT2D eigenvalue weighted by Crippen LogP contribution is 2.31. The van der Waals surface area contributed by atoms with Gasteiger partial charge in [-0.1, -0.05) is 49.1 Å². The number of anilines is 1. The van der Waals surface area contributed by atoms with Gasteiger partial charge in [-0.05, 0) is 43.7 Å². The largest absolute Gasteiger partial charge is 0.356 e. The van der Waals surface area contributed by atoms with E-state index in [4.69, 9.17) is 16.7 Å². The number of amides is 1. The molecule has 3 heterocycles. The maximum Gasteiger partial charge on any atom is 0.224 e. The summed E-state index contributed by atoms with van der Waals surface area (Å²) in [7, 11) is 0. The molecule has 5 rings (SSSR count). The first-order valence-corrected chi connectivity index (χ1v) is 12.2. The second kappa shape index (κ2) is 9.49. The van der Waals surface area contributed by atoms with Crippen LogP contribution in [0.25, 0.3) is 16.8 Å². The normalized spacial score (nSPS) is 19.9. The minimum absolute atomic E-state index is 0.000330. The molecule has 1 saturated carbocycles. The third kappa shape index (κ3) is 4.46. The third-order valence-electron chi connectivity index (χ3n) is 6.90. The second-order valence-electron chi connectivity index (χ2n) is 9.12. The van der Waals surface area contributed by atoms with Crippen molar-refractivity contribution in [3.05, 3.63) is 47.7 Å². The van der Waals surface area contributed by atoms with Crippen molar-refractivity contribution in [2.24, 2.45) is 11.8 Å². The molecule has 2 aromatic heterocycles. The van der Waals surface area contributed by atoms with Gasteiger partial charge in [-0.15, -0.1) is 0 Å². The minimum atomic E-state index is 0.000330. The molecular weight excluding hydrogens is 422 g/mol. The Kier molecular flexibility index (Phi) is 6.30. The fourth-order valence-electron chi connectivity index (χ4n) is 5.12. The lowest BCUT2D eigenvalue weighted by Crippen LogP contribution is -2.44. The van der Waals surface area contributed by atoms with E-state index in [1.165, 1.54) is 32.1 Å². The van der Waals surface area contributed by atoms with Crippen molar-refractivity contribution in [2.75, 3.05) is 24.5 Å². The van der Waals surface area contributed by atoms with Gasteiger partial charge in [-0.3, -0.25) is 4.79 Å². The molecule has 0 spiro atoms. The van der Waals surface area contributed by atoms with Crippen LogP contribution in [-0.2, 0) is 4.79 Å². The van der Waals surface area contributed by atoms with Crippen LogP contribution in [0.4, 0.5) is 5.82 Å². The van der Waals surface area contributed by atoms with Gasteiger partial charge in [0.15, 0.2) is 5.82 Å². The minimum Gasteiger partial charge on any atom is -0.356 e. The van der Waals surface area contributed by atoms with Crippen LogP contribution in [0.5, 0.6) is 0 Å². The van der Waals surface area contributed by atoms with Gasteiger partial charge >= 0.3 is 0 Å². The first kappa shape index (κ1) is 21.3. The van der Waals surface area contributed by atoms with E-state index in [1.54, 1.807) is 6.20 Å². The van der Waals surface area contributed by atoms with Gasteiger partial charge in [0, 0.05) is 37.6 Å². The maximum absolute atomic E-state index is 12.9. The van der Waals surface area contributed by atoms with E-state index >= 15 is 0 Å². The molecular formula is C25H30ClN5O. The summed E-state index contributed by atoms with van der Waals surface area (Å²) in [6.07, 6.45) is 12.0. The van der Waals surface area contributed by atoms with Crippen molar-refractivity contribution < 1.29 is 4.79 Å². The average Bonchev–Trinajstić information content (AvgIpc) is 3.28. The molecule has 1 atom stereocenters. The number of nitrogens with one attached hydrogen (secondary N) is 1. The third-order valence-corrected chi connectivity index (χ3v) is 7.23. The number of carbonyl (C=O) groups excluding carboxylic acids is 1. The molecule has 2 aliphatic rings. The summed E-state index contributed by atoms with van der Waals surface area (Å²) in [5.74, 6) is 1.72. The van der Waals surface area contributed by atoms with Gasteiger partial charge in [0.25, 0.3) is 0 Å². The molecule has 6 nitrogen and oxygen atoms in total. The Labute approximate surface area is 194 Å². The summed E-state index contributed by atoms with van der Waals surface area (Å²) in [4.78, 5) is 19.8. The van der Waals surface area contributed by atoms with E-state index in [1.807, 2.05) is 41.0 Å². The van der Waals surface area contributed by atoms with Gasteiger partial charge in [0.2, 0.25) is 5.91 Å². The number of halogens is 1. The van der Waals surface area contributed by atoms with E-state index in [9.17, 15) is 4.79 Å². The number of benzene rings is 1. The Morgan fingerprint density at radius 2 is 1.97 bits per heavy atom. The first-order valence-electron chi connectivity index (χ1n) is 11.8. The van der Waals surface area contributed by atoms with Crippen molar-refractivity contribution in [2.45, 2.75) is 44.9 Å². The predicted octanol–water partition coefficient (Wildman–Crippen LogP) is 4.96. The van der Waals surface area contributed by atoms with E-state index in [2.05, 4.69) is 15.2 Å². The van der Waals surface area contributed by atoms with Crippen LogP contribution >= 0.6 is 11.6 Å². The average molecular weight is 452 g/mol. The van der Waals surface area contributed by atoms with E-state index in [-0.39, 0.29) is 11.8 Å². The SMILES string of the molecule is O=C(NCC1CCCCC1)C1CCCN(c2nccn3nc(-c4ccccc4Cl)cc23)C1. The number of carbonyl (C=O) groups is 1. The molecule has 1 saturated heterocycles. The predicted molar refractivity (Wildman–Crippen MR) is 128 cm³/mol. The number of hydrogen-bond donors (Lipinski definition) is 1. The van der Waals surface area contributed by atoms with Crippen LogP contribution in [0.1, 0.15) is 44.9 Å². The molecule has 1 N–H and O–H groups in total. The van der Waals surface area contributed by atoms with E-state index in [0.717, 1.165) is 48.5 Å². The Morgan fingerprint density at radius 1 is 1.12 bits per heavy atom. The molecule has 32 heavy (non-hydrogen) atoms. The Morgan fingerprint density at radius 3 is 2.81 bits per heavy atom. The van der Waals surface area contributed by atoms with Crippen LogP contribution in [0.2, 0.25) is 5.02 Å². The van der Waals surface area contributed by atoms with Crippen LogP contribution in [0.15, 0.2) is 42.7 Å². The fraction of sp³-hybridized carbons (Fsp3) is 0.480. The van der Waals surface area contributed by atoms with Gasteiger partial charge in [0.1, 0.15) is 5.52 Å². The monoisotopic (exact) mass is 451 g/mol. The Balaban J connectivity index is 1.32. The molecule has 1 aliphatic heterocycles. The van der Waals surface area contributed by atoms with Crippen LogP contribution in [-0.4, -0.2) is 40.1 Å². The lowest BCUT2D eigenvalue weighted by Gasteiger charge is -2.33. The molecule has 3 aromatic rings. The number of rotatable bonds is 5. The summed E-state index contributed by atoms with van der Waals surface area (Å²) in [6, 6.07) is 9.77. The highest BCUT2D eigenvalue weighted by Gasteiger charge is 2.28. The van der Waals surface area contributed by atoms with Gasteiger partial charge < -0.3 is 10.2 Å². The number of nitrogens with zero attached hydrogens (tertiary/aromatic N) is 4. The second-order valence-corrected chi connectivity index (χ2v) is 9.53. The molecule has 0 radical (unpaired) electrons. The standard InChI is InChI=1S/C25H30ClN5O/c26-21-11-5-4-10-20(21)22-15-23-24(27-12-14-31(23)29-22)30-13-6-9-19(17-30)25(32)28-16-18-7-2-1-3-8-18/h4-5,10-12,14-15,18-19H,1-3,6-9,13,16-17H2,(H,28,32). The van der Waals surface area contributed by atoms with Crippen LogP contribution < -0.4 is 10.2 Å². The maximum atomic E-state index is 12.9. The van der Waals surface area contributed by atoms with Crippen LogP contribution in [0.3, 0.4) is 0 Å². The topological polar surface area (TPSA) is 62.5 Å². The van der Waals surface area contributed by atoms with Crippen LogP contribution in [0, 0.1) is 11.8 Å². The van der Waals surface area contributed by atoms with Gasteiger partial charge in [0.05, 0.1) is 16.6 Å². The summed E-state index contributed by atoms with van der Waals surface area (Å²) < 4.78 is 1.85. The van der Waals surface area contributed by atoms with Gasteiger partial charge in [-0.25, -0.2) is 9.50 Å². The molecule has 168 valence electrons. The first-order chi connectivity index (χ1) is 15.7. The zero-order chi connectivity index (χ0) is 21.9. The smallest absolute Gasteiger partial charge is 0.224 e. The van der Waals surface area contributed by atoms with E-state index < -0.39 is 0 Å². The fourth-order valence-corrected chi connectivity index (χ4v) is 5.35. The van der Waals surface area contributed by atoms with Crippen molar-refractivity contribution in [3.8, 4) is 11.3 Å². The molecule has 0 bridgehead atoms. The quantitative estimate of drug-likeness (QED) is 0.595. The van der Waals surface area contributed by atoms with Crippen molar-refractivity contribution in [1.29, 1.82) is 0 Å². The molecule has 1 aromatic carbocycles. The number of hydrogen-bond acceptors (Lipinski definition) is 4. The molecule has 2 fully saturated rings. The molecule has 1 amide bonds. The lowest BCUT2D eigenvalue weighted by molar-refractivity contribution is -0.125. The number of aromatic nitrogens is 3. The Bertz CT molecular complexity index is 1090. The summed E-state index contributed by atoms with van der Waals surface area (Å²) in [5.41, 5.74) is 2.66. The van der Waals surface area contributed by atoms with Crippen molar-refractivity contribution >= 4 is 28.8 Å². The summed E-state index contributed by atoms with van der Waals surface area (Å²) >= 11 is 6.39. The highest BCUT2D eigenvalue weighted by atomic mass is 35.5. The summed E-state index contributed by atoms with van der Waals surface area (Å²) in [5, 5.41) is 8.64. The number of piperidine rings is 1. The molecule has 1 unspecified atom stereocenters.